The molecule has 9 heteroatoms. The molecule has 1 heterocycles. The normalized spacial score (nSPS) is 28.6. The van der Waals surface area contributed by atoms with Gasteiger partial charge in [0.15, 0.2) is 0 Å². The van der Waals surface area contributed by atoms with Gasteiger partial charge in [-0.3, -0.25) is 9.63 Å². The number of benzene rings is 3. The second kappa shape index (κ2) is 17.2. The Labute approximate surface area is 323 Å². The summed E-state index contributed by atoms with van der Waals surface area (Å²) in [5, 5.41) is 30.9. The van der Waals surface area contributed by atoms with Crippen LogP contribution >= 0.6 is 0 Å². The highest BCUT2D eigenvalue weighted by molar-refractivity contribution is 5.96. The Morgan fingerprint density at radius 3 is 2.48 bits per heavy atom. The predicted octanol–water partition coefficient (Wildman–Crippen LogP) is 6.32. The molecular formula is C45H64N4O5. The van der Waals surface area contributed by atoms with E-state index in [0.29, 0.717) is 54.6 Å². The van der Waals surface area contributed by atoms with Crippen molar-refractivity contribution in [1.29, 1.82) is 0 Å². The average molecular weight is 741 g/mol. The number of aryl methyl sites for hydroxylation is 1. The summed E-state index contributed by atoms with van der Waals surface area (Å²) in [6.45, 7) is 10.7. The maximum Gasteiger partial charge on any atom is 0.251 e. The molecule has 294 valence electrons. The van der Waals surface area contributed by atoms with Gasteiger partial charge in [-0.15, -0.1) is 0 Å². The fraction of sp³-hybridized carbons (Fsp3) is 0.578. The Morgan fingerprint density at radius 2 is 1.80 bits per heavy atom. The number of aliphatic hydroxyl groups is 2. The fourth-order valence-corrected chi connectivity index (χ4v) is 9.72. The van der Waals surface area contributed by atoms with Crippen LogP contribution in [-0.2, 0) is 17.8 Å². The standard InChI is InChI=1S/C45H64N4O5/c1-30-40-22-35(44(40,2)3)23-41(30)46-26-37-24-45(4,52)25-38(29-50)54-49(37)27-34-17-12-18-39(42(34)53-7)32-15-11-16-33(21-32)43(51)47-36(28-48(5)6)20-19-31-13-9-8-10-14-31/h8-18,21,30,35-38,40-41,46,50,52H,19-20,22-29H2,1-7H3,(H,47,51)/t30-,35?,36+,37-,38+,40-,41-,45-/m0/s1. The van der Waals surface area contributed by atoms with Crippen LogP contribution in [0.2, 0.25) is 0 Å². The molecule has 3 saturated carbocycles. The van der Waals surface area contributed by atoms with Crippen LogP contribution in [0.1, 0.15) is 81.3 Å². The molecule has 4 aliphatic rings. The minimum atomic E-state index is -0.989. The van der Waals surface area contributed by atoms with Crippen LogP contribution in [0.25, 0.3) is 11.1 Å². The van der Waals surface area contributed by atoms with Gasteiger partial charge >= 0.3 is 0 Å². The maximum atomic E-state index is 13.7. The van der Waals surface area contributed by atoms with Crippen molar-refractivity contribution < 1.29 is 24.6 Å². The molecule has 9 nitrogen and oxygen atoms in total. The number of methoxy groups -OCH3 is 1. The summed E-state index contributed by atoms with van der Waals surface area (Å²) in [5.41, 5.74) is 3.96. The third-order valence-electron chi connectivity index (χ3n) is 12.8. The summed E-state index contributed by atoms with van der Waals surface area (Å²) in [4.78, 5) is 22.3. The van der Waals surface area contributed by atoms with E-state index in [0.717, 1.165) is 47.9 Å². The Morgan fingerprint density at radius 1 is 1.04 bits per heavy atom. The lowest BCUT2D eigenvalue weighted by Crippen LogP contribution is -2.61. The van der Waals surface area contributed by atoms with E-state index in [2.05, 4.69) is 60.6 Å². The van der Waals surface area contributed by atoms with E-state index in [1.165, 1.54) is 18.4 Å². The number of hydrogen-bond acceptors (Lipinski definition) is 8. The SMILES string of the molecule is COc1c(CN2O[C@@H](CO)C[C@@](C)(O)C[C@H]2CN[C@H]2CC3C[C@@H]([C@@H]2C)C3(C)C)cccc1-c1cccc(C(=O)N[C@H](CCc2ccccc2)CN(C)C)c1. The largest absolute Gasteiger partial charge is 0.496 e. The molecule has 0 spiro atoms. The molecule has 4 fully saturated rings. The van der Waals surface area contributed by atoms with Gasteiger partial charge in [0.1, 0.15) is 11.9 Å². The van der Waals surface area contributed by atoms with Gasteiger partial charge in [0, 0.05) is 48.3 Å². The first-order chi connectivity index (χ1) is 25.8. The second-order valence-corrected chi connectivity index (χ2v) is 17.5. The lowest BCUT2D eigenvalue weighted by Gasteiger charge is -2.62. The van der Waals surface area contributed by atoms with Crippen molar-refractivity contribution in [3.63, 3.8) is 0 Å². The highest BCUT2D eigenvalue weighted by Crippen LogP contribution is 2.61. The van der Waals surface area contributed by atoms with Crippen LogP contribution in [0.4, 0.5) is 0 Å². The third-order valence-corrected chi connectivity index (χ3v) is 12.8. The Balaban J connectivity index is 1.20. The van der Waals surface area contributed by atoms with Crippen molar-refractivity contribution in [2.24, 2.45) is 23.2 Å². The van der Waals surface area contributed by atoms with Crippen LogP contribution < -0.4 is 15.4 Å². The molecule has 3 aromatic carbocycles. The van der Waals surface area contributed by atoms with E-state index >= 15 is 0 Å². The van der Waals surface area contributed by atoms with Crippen LogP contribution in [-0.4, -0.2) is 96.8 Å². The van der Waals surface area contributed by atoms with Crippen molar-refractivity contribution in [3.05, 3.63) is 89.5 Å². The van der Waals surface area contributed by atoms with Gasteiger partial charge in [-0.25, -0.2) is 0 Å². The van der Waals surface area contributed by atoms with Gasteiger partial charge in [-0.05, 0) is 99.6 Å². The number of hydroxylamine groups is 2. The highest BCUT2D eigenvalue weighted by Gasteiger charge is 2.56. The van der Waals surface area contributed by atoms with Crippen LogP contribution in [0.5, 0.6) is 5.75 Å². The van der Waals surface area contributed by atoms with E-state index in [1.807, 2.05) is 74.6 Å². The monoisotopic (exact) mass is 740 g/mol. The number of ether oxygens (including phenoxy) is 1. The zero-order chi connectivity index (χ0) is 38.6. The second-order valence-electron chi connectivity index (χ2n) is 17.5. The van der Waals surface area contributed by atoms with E-state index in [1.54, 1.807) is 7.11 Å². The number of hydrogen-bond donors (Lipinski definition) is 4. The van der Waals surface area contributed by atoms with Gasteiger partial charge in [-0.2, -0.15) is 5.06 Å². The molecule has 54 heavy (non-hydrogen) atoms. The van der Waals surface area contributed by atoms with Gasteiger partial charge in [0.2, 0.25) is 0 Å². The Bertz CT molecular complexity index is 1700. The Hall–Kier alpha value is -3.31. The van der Waals surface area contributed by atoms with Gasteiger partial charge in [0.05, 0.1) is 31.9 Å². The molecule has 1 amide bonds. The van der Waals surface area contributed by atoms with Crippen LogP contribution in [0.15, 0.2) is 72.8 Å². The number of carbonyl (C=O) groups excluding carboxylic acids is 1. The number of aliphatic hydroxyl groups excluding tert-OH is 1. The number of fused-ring (bicyclic) bond motifs is 2. The number of rotatable bonds is 15. The van der Waals surface area contributed by atoms with E-state index < -0.39 is 11.7 Å². The van der Waals surface area contributed by atoms with Gasteiger partial charge in [-0.1, -0.05) is 81.4 Å². The summed E-state index contributed by atoms with van der Waals surface area (Å²) in [6.07, 6.45) is 4.55. The van der Waals surface area contributed by atoms with E-state index in [-0.39, 0.29) is 24.6 Å². The molecule has 3 aliphatic carbocycles. The highest BCUT2D eigenvalue weighted by atomic mass is 16.7. The summed E-state index contributed by atoms with van der Waals surface area (Å²) >= 11 is 0. The summed E-state index contributed by atoms with van der Waals surface area (Å²) < 4.78 is 6.12. The zero-order valence-corrected chi connectivity index (χ0v) is 33.6. The zero-order valence-electron chi connectivity index (χ0n) is 33.6. The molecule has 1 aliphatic heterocycles. The molecule has 8 atom stereocenters. The van der Waals surface area contributed by atoms with E-state index in [4.69, 9.17) is 9.57 Å². The van der Waals surface area contributed by atoms with Crippen molar-refractivity contribution in [2.75, 3.05) is 40.9 Å². The van der Waals surface area contributed by atoms with Gasteiger partial charge in [0.25, 0.3) is 5.91 Å². The minimum Gasteiger partial charge on any atom is -0.496 e. The molecule has 3 aromatic rings. The molecule has 1 saturated heterocycles. The average Bonchev–Trinajstić information content (AvgIpc) is 3.27. The topological polar surface area (TPSA) is 107 Å². The lowest BCUT2D eigenvalue weighted by molar-refractivity contribution is -0.228. The number of nitrogens with one attached hydrogen (secondary N) is 2. The molecule has 1 unspecified atom stereocenters. The molecular weight excluding hydrogens is 677 g/mol. The van der Waals surface area contributed by atoms with Crippen molar-refractivity contribution in [1.82, 2.24) is 20.6 Å². The van der Waals surface area contributed by atoms with Crippen molar-refractivity contribution >= 4 is 5.91 Å². The quantitative estimate of drug-likeness (QED) is 0.144. The van der Waals surface area contributed by atoms with Crippen LogP contribution in [0, 0.1) is 23.2 Å². The number of para-hydroxylation sites is 1. The third kappa shape index (κ3) is 9.37. The van der Waals surface area contributed by atoms with Crippen molar-refractivity contribution in [2.45, 2.75) is 103 Å². The smallest absolute Gasteiger partial charge is 0.251 e. The summed E-state index contributed by atoms with van der Waals surface area (Å²) in [5.74, 6) is 2.66. The van der Waals surface area contributed by atoms with E-state index in [9.17, 15) is 15.0 Å². The lowest BCUT2D eigenvalue weighted by atomic mass is 9.45. The Kier molecular flexibility index (Phi) is 12.9. The molecule has 0 radical (unpaired) electrons. The van der Waals surface area contributed by atoms with Crippen molar-refractivity contribution in [3.8, 4) is 16.9 Å². The molecule has 7 rings (SSSR count). The predicted molar refractivity (Wildman–Crippen MR) is 215 cm³/mol. The molecule has 4 N–H and O–H groups in total. The fourth-order valence-electron chi connectivity index (χ4n) is 9.72. The molecule has 0 aromatic heterocycles. The summed E-state index contributed by atoms with van der Waals surface area (Å²) in [7, 11) is 5.74. The minimum absolute atomic E-state index is 0.00679. The first-order valence-electron chi connectivity index (χ1n) is 20.0. The summed E-state index contributed by atoms with van der Waals surface area (Å²) in [6, 6.07) is 24.5. The first kappa shape index (κ1) is 40.4. The number of likely N-dealkylation sites (N-methyl/N-ethyl adjacent to an activating group) is 1. The maximum absolute atomic E-state index is 13.7. The number of amides is 1. The number of carbonyl (C=O) groups is 1. The van der Waals surface area contributed by atoms with Crippen LogP contribution in [0.3, 0.4) is 0 Å². The molecule has 2 bridgehead atoms. The first-order valence-corrected chi connectivity index (χ1v) is 20.0. The number of nitrogens with zero attached hydrogens (tertiary/aromatic N) is 2. The van der Waals surface area contributed by atoms with Gasteiger partial charge < -0.3 is 30.5 Å².